The normalized spacial score (nSPS) is 28.7. The maximum absolute atomic E-state index is 14.3. The summed E-state index contributed by atoms with van der Waals surface area (Å²) in [4.78, 5) is 49.7. The molecular formula is C22H33FN3O10PS. The number of carbonyl (C=O) groups is 2. The van der Waals surface area contributed by atoms with Gasteiger partial charge in [-0.3, -0.25) is 37.4 Å². The minimum Gasteiger partial charge on any atom is -0.462 e. The van der Waals surface area contributed by atoms with Crippen molar-refractivity contribution in [3.8, 4) is 0 Å². The minimum atomic E-state index is -4.34. The van der Waals surface area contributed by atoms with E-state index in [1.54, 1.807) is 27.7 Å². The number of nitrogens with one attached hydrogen (secondary N) is 2. The van der Waals surface area contributed by atoms with Crippen molar-refractivity contribution in [2.75, 3.05) is 19.0 Å². The molecule has 214 valence electrons. The summed E-state index contributed by atoms with van der Waals surface area (Å²) in [6.07, 6.45) is -4.64. The number of hydrogen-bond acceptors (Lipinski definition) is 11. The van der Waals surface area contributed by atoms with Crippen LogP contribution in [0.3, 0.4) is 0 Å². The van der Waals surface area contributed by atoms with Crippen LogP contribution in [0.5, 0.6) is 0 Å². The summed E-state index contributed by atoms with van der Waals surface area (Å²) in [7, 11) is -4.34. The van der Waals surface area contributed by atoms with E-state index in [9.17, 15) is 33.2 Å². The van der Waals surface area contributed by atoms with Gasteiger partial charge in [0.2, 0.25) is 0 Å². The summed E-state index contributed by atoms with van der Waals surface area (Å²) in [6.45, 7) is 6.76. The molecule has 0 radical (unpaired) electrons. The van der Waals surface area contributed by atoms with E-state index in [1.807, 2.05) is 4.98 Å². The summed E-state index contributed by atoms with van der Waals surface area (Å²) >= 11 is 0.972. The van der Waals surface area contributed by atoms with E-state index in [0.29, 0.717) is 0 Å². The molecule has 0 spiro atoms. The van der Waals surface area contributed by atoms with E-state index >= 15 is 0 Å². The lowest BCUT2D eigenvalue weighted by molar-refractivity contribution is -0.149. The maximum Gasteiger partial charge on any atom is 0.406 e. The lowest BCUT2D eigenvalue weighted by Gasteiger charge is -2.28. The van der Waals surface area contributed by atoms with Crippen LogP contribution in [0.1, 0.15) is 40.8 Å². The van der Waals surface area contributed by atoms with Gasteiger partial charge in [-0.25, -0.2) is 14.4 Å². The fraction of sp³-hybridized carbons (Fsp3) is 0.727. The molecule has 1 saturated heterocycles. The lowest BCUT2D eigenvalue weighted by atomic mass is 10.0. The SMILES string of the molecule is CC(C)OC(=O)[C@@H](C)N[P@](=O)(OCCSC(=O)C(C)C)OC1[C@H]2O[C@@H](n3ccc(=O)[nH]c3=O)[C@H](O)[C@@]12CF. The molecule has 1 aliphatic heterocycles. The summed E-state index contributed by atoms with van der Waals surface area (Å²) in [5.41, 5.74) is -3.20. The highest BCUT2D eigenvalue weighted by Gasteiger charge is 2.79. The Morgan fingerprint density at radius 2 is 2.00 bits per heavy atom. The van der Waals surface area contributed by atoms with Gasteiger partial charge in [-0.15, -0.1) is 0 Å². The summed E-state index contributed by atoms with van der Waals surface area (Å²) in [6, 6.07) is -0.102. The van der Waals surface area contributed by atoms with Crippen LogP contribution in [0.4, 0.5) is 4.39 Å². The van der Waals surface area contributed by atoms with E-state index in [-0.39, 0.29) is 23.4 Å². The van der Waals surface area contributed by atoms with Gasteiger partial charge in [0.25, 0.3) is 5.56 Å². The molecule has 13 nitrogen and oxygen atoms in total. The third kappa shape index (κ3) is 6.46. The molecule has 1 unspecified atom stereocenters. The first kappa shape index (κ1) is 30.7. The van der Waals surface area contributed by atoms with Gasteiger partial charge in [0.1, 0.15) is 31.0 Å². The average molecular weight is 582 g/mol. The number of carbonyl (C=O) groups excluding carboxylic acids is 2. The maximum atomic E-state index is 14.3. The van der Waals surface area contributed by atoms with Crippen LogP contribution in [0.15, 0.2) is 21.9 Å². The molecule has 16 heteroatoms. The Morgan fingerprint density at radius 3 is 2.55 bits per heavy atom. The number of halogens is 1. The molecule has 2 heterocycles. The van der Waals surface area contributed by atoms with Crippen LogP contribution < -0.4 is 16.3 Å². The number of ether oxygens (including phenoxy) is 2. The quantitative estimate of drug-likeness (QED) is 0.172. The second-order valence-corrected chi connectivity index (χ2v) is 12.5. The Bertz CT molecular complexity index is 1190. The minimum absolute atomic E-state index is 0.0978. The zero-order valence-electron chi connectivity index (χ0n) is 21.6. The molecule has 1 aromatic rings. The molecule has 7 atom stereocenters. The zero-order chi connectivity index (χ0) is 28.4. The van der Waals surface area contributed by atoms with Gasteiger partial charge in [-0.1, -0.05) is 25.6 Å². The zero-order valence-corrected chi connectivity index (χ0v) is 23.3. The smallest absolute Gasteiger partial charge is 0.406 e. The molecular weight excluding hydrogens is 548 g/mol. The van der Waals surface area contributed by atoms with Gasteiger partial charge in [-0.05, 0) is 20.8 Å². The van der Waals surface area contributed by atoms with Crippen LogP contribution in [0.2, 0.25) is 0 Å². The van der Waals surface area contributed by atoms with E-state index in [2.05, 4.69) is 5.09 Å². The Morgan fingerprint density at radius 1 is 1.32 bits per heavy atom. The van der Waals surface area contributed by atoms with Crippen LogP contribution in [0.25, 0.3) is 0 Å². The first-order valence-electron chi connectivity index (χ1n) is 12.0. The highest BCUT2D eigenvalue weighted by atomic mass is 32.2. The third-order valence-electron chi connectivity index (χ3n) is 6.06. The number of esters is 1. The van der Waals surface area contributed by atoms with E-state index in [4.69, 9.17) is 18.5 Å². The van der Waals surface area contributed by atoms with Gasteiger partial charge in [0, 0.05) is 23.9 Å². The molecule has 0 bridgehead atoms. The first-order chi connectivity index (χ1) is 17.8. The van der Waals surface area contributed by atoms with Crippen LogP contribution in [0, 0.1) is 11.3 Å². The second-order valence-electron chi connectivity index (χ2n) is 9.67. The van der Waals surface area contributed by atoms with Gasteiger partial charge in [0.05, 0.1) is 18.1 Å². The monoisotopic (exact) mass is 581 g/mol. The number of aliphatic hydroxyl groups is 1. The second kappa shape index (κ2) is 12.1. The number of fused-ring (bicyclic) bond motifs is 1. The lowest BCUT2D eigenvalue weighted by Crippen LogP contribution is -2.41. The topological polar surface area (TPSA) is 175 Å². The predicted octanol–water partition coefficient (Wildman–Crippen LogP) is 1.12. The van der Waals surface area contributed by atoms with Crippen molar-refractivity contribution in [3.05, 3.63) is 33.1 Å². The number of alkyl halides is 1. The van der Waals surface area contributed by atoms with Crippen molar-refractivity contribution in [3.63, 3.8) is 0 Å². The average Bonchev–Trinajstić information content (AvgIpc) is 3.32. The number of rotatable bonds is 13. The standard InChI is InChI=1S/C22H33FN3O10PS/c1-11(2)20(30)38-9-8-33-37(32,25-13(5)19(29)34-12(3)4)36-17-16-22(17,10-23)15(28)18(35-16)26-7-6-14(27)24-21(26)31/h6-7,11-13,15-18,28H,8-10H2,1-5H3,(H,25,32)(H,24,27,31)/t13-,15+,16-,17?,18-,22-,37+/m1/s1. The van der Waals surface area contributed by atoms with E-state index in [1.165, 1.54) is 6.92 Å². The number of H-pyrrole nitrogens is 1. The molecule has 3 rings (SSSR count). The van der Waals surface area contributed by atoms with E-state index < -0.39 is 73.7 Å². The van der Waals surface area contributed by atoms with Crippen molar-refractivity contribution in [1.29, 1.82) is 0 Å². The number of aliphatic hydroxyl groups excluding tert-OH is 1. The predicted molar refractivity (Wildman–Crippen MR) is 134 cm³/mol. The molecule has 0 amide bonds. The molecule has 1 saturated carbocycles. The van der Waals surface area contributed by atoms with Crippen molar-refractivity contribution in [1.82, 2.24) is 14.6 Å². The summed E-state index contributed by atoms with van der Waals surface area (Å²) in [5, 5.41) is 13.3. The molecule has 1 aromatic heterocycles. The van der Waals surface area contributed by atoms with E-state index in [0.717, 1.165) is 28.6 Å². The summed E-state index contributed by atoms with van der Waals surface area (Å²) < 4.78 is 50.8. The van der Waals surface area contributed by atoms with Crippen LogP contribution in [-0.4, -0.2) is 75.2 Å². The largest absolute Gasteiger partial charge is 0.462 e. The van der Waals surface area contributed by atoms with Crippen molar-refractivity contribution < 1.29 is 42.2 Å². The third-order valence-corrected chi connectivity index (χ3v) is 8.92. The fourth-order valence-electron chi connectivity index (χ4n) is 3.98. The van der Waals surface area contributed by atoms with Crippen LogP contribution >= 0.6 is 19.5 Å². The Balaban J connectivity index is 1.75. The highest BCUT2D eigenvalue weighted by molar-refractivity contribution is 8.13. The number of aromatic nitrogens is 2. The Hall–Kier alpha value is -1.87. The van der Waals surface area contributed by atoms with Gasteiger partial charge >= 0.3 is 19.4 Å². The number of thioether (sulfide) groups is 1. The molecule has 2 aliphatic rings. The molecule has 0 aromatic carbocycles. The van der Waals surface area contributed by atoms with Crippen molar-refractivity contribution in [2.24, 2.45) is 11.3 Å². The summed E-state index contributed by atoms with van der Waals surface area (Å²) in [5.74, 6) is -0.819. The van der Waals surface area contributed by atoms with Gasteiger partial charge in [0.15, 0.2) is 11.3 Å². The highest BCUT2D eigenvalue weighted by Crippen LogP contribution is 2.66. The Labute approximate surface area is 222 Å². The number of hydrogen-bond donors (Lipinski definition) is 3. The van der Waals surface area contributed by atoms with Crippen molar-refractivity contribution >= 4 is 30.6 Å². The van der Waals surface area contributed by atoms with Gasteiger partial charge in [-0.2, -0.15) is 0 Å². The van der Waals surface area contributed by atoms with Crippen molar-refractivity contribution in [2.45, 2.75) is 71.3 Å². The molecule has 3 N–H and O–H groups in total. The Kier molecular flexibility index (Phi) is 9.77. The van der Waals surface area contributed by atoms with Crippen LogP contribution in [-0.2, 0) is 32.7 Å². The fourth-order valence-corrected chi connectivity index (χ4v) is 6.52. The number of nitrogens with zero attached hydrogens (tertiary/aromatic N) is 1. The van der Waals surface area contributed by atoms with Gasteiger partial charge < -0.3 is 14.6 Å². The number of aromatic amines is 1. The molecule has 38 heavy (non-hydrogen) atoms. The first-order valence-corrected chi connectivity index (χ1v) is 14.6. The molecule has 1 aliphatic carbocycles. The molecule has 2 fully saturated rings.